The summed E-state index contributed by atoms with van der Waals surface area (Å²) in [6, 6.07) is 0. The monoisotopic (exact) mass is 104 g/mol. The second kappa shape index (κ2) is 2.34. The predicted octanol–water partition coefficient (Wildman–Crippen LogP) is 0.944. The van der Waals surface area contributed by atoms with Crippen molar-refractivity contribution in [2.45, 2.75) is 6.92 Å². The van der Waals surface area contributed by atoms with Gasteiger partial charge in [0.15, 0.2) is 11.6 Å². The molecule has 0 aliphatic rings. The average molecular weight is 104 g/mol. The Morgan fingerprint density at radius 3 is 2.29 bits per heavy atom. The first-order valence-corrected chi connectivity index (χ1v) is 1.69. The molecule has 0 unspecified atom stereocenters. The fraction of sp³-hybridized carbons (Fsp3) is 0.250. The van der Waals surface area contributed by atoms with Crippen molar-refractivity contribution in [1.82, 2.24) is 0 Å². The lowest BCUT2D eigenvalue weighted by Crippen LogP contribution is -1.87. The van der Waals surface area contributed by atoms with E-state index in [-0.39, 0.29) is 6.26 Å². The molecule has 0 aromatic carbocycles. The zero-order chi connectivity index (χ0) is 5.86. The van der Waals surface area contributed by atoms with Crippen molar-refractivity contribution in [3.8, 4) is 0 Å². The Hall–Kier alpha value is -0.860. The molecular weight excluding hydrogens is 99.0 g/mol. The van der Waals surface area contributed by atoms with Gasteiger partial charge in [0.2, 0.25) is 0 Å². The highest BCUT2D eigenvalue weighted by molar-refractivity contribution is 5.90. The topological polar surface area (TPSA) is 37.3 Å². The molecule has 0 aliphatic carbocycles. The Labute approximate surface area is 40.3 Å². The van der Waals surface area contributed by atoms with Gasteiger partial charge in [-0.05, 0) is 0 Å². The number of carbonyl (C=O) groups is 1. The van der Waals surface area contributed by atoms with Crippen molar-refractivity contribution >= 4 is 5.78 Å². The number of Topliss-reactive ketones (excluding diaryl/α,β-unsaturated/α-hetero) is 1. The SMILES string of the molecule is CC(=O)/C(F)=C/O. The Balaban J connectivity index is 3.82. The van der Waals surface area contributed by atoms with Crippen LogP contribution in [-0.2, 0) is 4.79 Å². The average Bonchev–Trinajstić information content (AvgIpc) is 1.65. The van der Waals surface area contributed by atoms with Gasteiger partial charge in [-0.1, -0.05) is 0 Å². The Kier molecular flexibility index (Phi) is 2.05. The molecule has 0 saturated carbocycles. The number of ketones is 1. The van der Waals surface area contributed by atoms with Crippen molar-refractivity contribution in [3.63, 3.8) is 0 Å². The van der Waals surface area contributed by atoms with Crippen LogP contribution >= 0.6 is 0 Å². The summed E-state index contributed by atoms with van der Waals surface area (Å²) >= 11 is 0. The van der Waals surface area contributed by atoms with Gasteiger partial charge in [-0.25, -0.2) is 0 Å². The highest BCUT2D eigenvalue weighted by Gasteiger charge is 1.97. The lowest BCUT2D eigenvalue weighted by molar-refractivity contribution is -0.115. The van der Waals surface area contributed by atoms with Crippen LogP contribution in [0.25, 0.3) is 0 Å². The van der Waals surface area contributed by atoms with Crippen molar-refractivity contribution in [1.29, 1.82) is 0 Å². The van der Waals surface area contributed by atoms with E-state index in [9.17, 15) is 9.18 Å². The summed E-state index contributed by atoms with van der Waals surface area (Å²) in [4.78, 5) is 9.77. The minimum Gasteiger partial charge on any atom is -0.512 e. The number of halogens is 1. The Morgan fingerprint density at radius 1 is 1.86 bits per heavy atom. The summed E-state index contributed by atoms with van der Waals surface area (Å²) in [7, 11) is 0. The predicted molar refractivity (Wildman–Crippen MR) is 22.5 cm³/mol. The van der Waals surface area contributed by atoms with E-state index in [0.29, 0.717) is 0 Å². The third-order valence-corrected chi connectivity index (χ3v) is 0.450. The van der Waals surface area contributed by atoms with Gasteiger partial charge in [0.25, 0.3) is 0 Å². The van der Waals surface area contributed by atoms with E-state index in [1.165, 1.54) is 0 Å². The molecule has 0 amide bonds. The van der Waals surface area contributed by atoms with Crippen LogP contribution in [0.15, 0.2) is 12.1 Å². The summed E-state index contributed by atoms with van der Waals surface area (Å²) in [5.41, 5.74) is 0. The number of carbonyl (C=O) groups excluding carboxylic acids is 1. The lowest BCUT2D eigenvalue weighted by Gasteiger charge is -1.79. The minimum absolute atomic E-state index is 0.141. The van der Waals surface area contributed by atoms with Crippen LogP contribution in [0.2, 0.25) is 0 Å². The van der Waals surface area contributed by atoms with E-state index in [4.69, 9.17) is 5.11 Å². The van der Waals surface area contributed by atoms with Crippen LogP contribution in [0.3, 0.4) is 0 Å². The smallest absolute Gasteiger partial charge is 0.199 e. The van der Waals surface area contributed by atoms with Crippen LogP contribution in [0.1, 0.15) is 6.92 Å². The molecule has 0 atom stereocenters. The third kappa shape index (κ3) is 1.92. The third-order valence-electron chi connectivity index (χ3n) is 0.450. The summed E-state index contributed by atoms with van der Waals surface area (Å²) < 4.78 is 11.5. The first-order valence-electron chi connectivity index (χ1n) is 1.69. The number of aliphatic hydroxyl groups excluding tert-OH is 1. The van der Waals surface area contributed by atoms with Crippen LogP contribution < -0.4 is 0 Å². The summed E-state index contributed by atoms with van der Waals surface area (Å²) in [6.45, 7) is 1.03. The fourth-order valence-electron chi connectivity index (χ4n) is 0.0909. The molecule has 0 aliphatic heterocycles. The van der Waals surface area contributed by atoms with Gasteiger partial charge >= 0.3 is 0 Å². The van der Waals surface area contributed by atoms with Gasteiger partial charge in [-0.15, -0.1) is 0 Å². The maximum atomic E-state index is 11.5. The van der Waals surface area contributed by atoms with Gasteiger partial charge < -0.3 is 5.11 Å². The number of aliphatic hydroxyl groups is 1. The first-order chi connectivity index (χ1) is 3.18. The maximum absolute atomic E-state index is 11.5. The summed E-state index contributed by atoms with van der Waals surface area (Å²) in [5.74, 6) is -1.87. The van der Waals surface area contributed by atoms with Gasteiger partial charge in [0.05, 0.1) is 0 Å². The summed E-state index contributed by atoms with van der Waals surface area (Å²) in [5, 5.41) is 7.75. The zero-order valence-corrected chi connectivity index (χ0v) is 3.81. The first kappa shape index (κ1) is 6.14. The fourth-order valence-corrected chi connectivity index (χ4v) is 0.0909. The van der Waals surface area contributed by atoms with E-state index in [1.807, 2.05) is 0 Å². The minimum atomic E-state index is -1.11. The normalized spacial score (nSPS) is 11.4. The van der Waals surface area contributed by atoms with Gasteiger partial charge in [-0.2, -0.15) is 4.39 Å². The van der Waals surface area contributed by atoms with E-state index in [0.717, 1.165) is 6.92 Å². The molecule has 0 heterocycles. The largest absolute Gasteiger partial charge is 0.512 e. The van der Waals surface area contributed by atoms with Crippen LogP contribution in [0.5, 0.6) is 0 Å². The second-order valence-electron chi connectivity index (χ2n) is 1.03. The van der Waals surface area contributed by atoms with E-state index in [2.05, 4.69) is 0 Å². The Bertz CT molecular complexity index is 106. The molecule has 0 fully saturated rings. The van der Waals surface area contributed by atoms with Crippen molar-refractivity contribution in [2.75, 3.05) is 0 Å². The molecule has 3 heteroatoms. The van der Waals surface area contributed by atoms with Gasteiger partial charge in [0.1, 0.15) is 6.26 Å². The number of allylic oxidation sites excluding steroid dienone is 1. The van der Waals surface area contributed by atoms with E-state index < -0.39 is 11.6 Å². The van der Waals surface area contributed by atoms with Crippen molar-refractivity contribution in [3.05, 3.63) is 12.1 Å². The number of hydrogen-bond acceptors (Lipinski definition) is 2. The second-order valence-corrected chi connectivity index (χ2v) is 1.03. The molecule has 0 aromatic heterocycles. The van der Waals surface area contributed by atoms with E-state index in [1.54, 1.807) is 0 Å². The van der Waals surface area contributed by atoms with E-state index >= 15 is 0 Å². The zero-order valence-electron chi connectivity index (χ0n) is 3.81. The van der Waals surface area contributed by atoms with Gasteiger partial charge in [-0.3, -0.25) is 4.79 Å². The molecule has 0 rings (SSSR count). The van der Waals surface area contributed by atoms with Crippen LogP contribution in [0, 0.1) is 0 Å². The molecule has 7 heavy (non-hydrogen) atoms. The highest BCUT2D eigenvalue weighted by Crippen LogP contribution is 1.92. The molecule has 0 spiro atoms. The van der Waals surface area contributed by atoms with Crippen LogP contribution in [0.4, 0.5) is 4.39 Å². The molecule has 0 aromatic rings. The van der Waals surface area contributed by atoms with Gasteiger partial charge in [0, 0.05) is 6.92 Å². The molecule has 40 valence electrons. The lowest BCUT2D eigenvalue weighted by atomic mass is 10.4. The molecule has 0 radical (unpaired) electrons. The van der Waals surface area contributed by atoms with Crippen molar-refractivity contribution in [2.24, 2.45) is 0 Å². The number of rotatable bonds is 1. The maximum Gasteiger partial charge on any atom is 0.199 e. The Morgan fingerprint density at radius 2 is 2.29 bits per heavy atom. The quantitative estimate of drug-likeness (QED) is 0.397. The number of hydrogen-bond donors (Lipinski definition) is 1. The molecular formula is C4H5FO2. The van der Waals surface area contributed by atoms with Crippen molar-refractivity contribution < 1.29 is 14.3 Å². The summed E-state index contributed by atoms with van der Waals surface area (Å²) in [6.07, 6.45) is 0.141. The molecule has 2 nitrogen and oxygen atoms in total. The molecule has 0 saturated heterocycles. The molecule has 1 N–H and O–H groups in total. The molecule has 0 bridgehead atoms. The standard InChI is InChI=1S/C4H5FO2/c1-3(7)4(5)2-6/h2,6H,1H3/b4-2-. The van der Waals surface area contributed by atoms with Crippen LogP contribution in [-0.4, -0.2) is 10.9 Å². The highest BCUT2D eigenvalue weighted by atomic mass is 19.1.